The van der Waals surface area contributed by atoms with Gasteiger partial charge in [0.05, 0.1) is 0 Å². The van der Waals surface area contributed by atoms with Gasteiger partial charge in [-0.15, -0.1) is 0 Å². The number of rotatable bonds is 5. The third-order valence-corrected chi connectivity index (χ3v) is 3.47. The number of halogens is 2. The van der Waals surface area contributed by atoms with Crippen LogP contribution in [0.4, 0.5) is 25.0 Å². The van der Waals surface area contributed by atoms with Gasteiger partial charge < -0.3 is 16.4 Å². The van der Waals surface area contributed by atoms with Crippen LogP contribution in [0.2, 0.25) is 0 Å². The van der Waals surface area contributed by atoms with Crippen molar-refractivity contribution in [3.8, 4) is 0 Å². The number of anilines is 2. The van der Waals surface area contributed by atoms with Crippen LogP contribution in [0.3, 0.4) is 0 Å². The normalized spacial score (nSPS) is 10.4. The predicted octanol–water partition coefficient (Wildman–Crippen LogP) is 3.74. The Bertz CT molecular complexity index is 691. The lowest BCUT2D eigenvalue weighted by molar-refractivity contribution is 0.102. The Hall–Kier alpha value is -2.61. The van der Waals surface area contributed by atoms with Gasteiger partial charge >= 0.3 is 6.03 Å². The van der Waals surface area contributed by atoms with Crippen molar-refractivity contribution >= 4 is 35.1 Å². The SMILES string of the molecule is NC(=O)Nc1ccc(C(=O)Nc2ccc(SC(F)F)cc2)cc1. The molecule has 8 heteroatoms. The molecular formula is C15H13F2N3O2S. The van der Waals surface area contributed by atoms with Gasteiger partial charge in [-0.05, 0) is 48.5 Å². The van der Waals surface area contributed by atoms with Crippen LogP contribution in [0.25, 0.3) is 0 Å². The minimum Gasteiger partial charge on any atom is -0.351 e. The third kappa shape index (κ3) is 5.26. The number of carbonyl (C=O) groups is 2. The van der Waals surface area contributed by atoms with Crippen molar-refractivity contribution in [1.29, 1.82) is 0 Å². The van der Waals surface area contributed by atoms with E-state index in [9.17, 15) is 18.4 Å². The lowest BCUT2D eigenvalue weighted by Crippen LogP contribution is -2.19. The van der Waals surface area contributed by atoms with E-state index in [1.807, 2.05) is 0 Å². The third-order valence-electron chi connectivity index (χ3n) is 2.75. The number of hydrogen-bond acceptors (Lipinski definition) is 3. The van der Waals surface area contributed by atoms with E-state index in [1.165, 1.54) is 24.3 Å². The number of thioether (sulfide) groups is 1. The van der Waals surface area contributed by atoms with Gasteiger partial charge in [-0.2, -0.15) is 8.78 Å². The maximum atomic E-state index is 12.2. The number of benzene rings is 2. The van der Waals surface area contributed by atoms with Crippen LogP contribution < -0.4 is 16.4 Å². The monoisotopic (exact) mass is 337 g/mol. The van der Waals surface area contributed by atoms with Crippen molar-refractivity contribution in [3.63, 3.8) is 0 Å². The summed E-state index contributed by atoms with van der Waals surface area (Å²) in [5.74, 6) is -2.84. The summed E-state index contributed by atoms with van der Waals surface area (Å²) < 4.78 is 24.4. The highest BCUT2D eigenvalue weighted by molar-refractivity contribution is 7.99. The van der Waals surface area contributed by atoms with Crippen molar-refractivity contribution in [3.05, 3.63) is 54.1 Å². The molecule has 2 aromatic carbocycles. The molecule has 23 heavy (non-hydrogen) atoms. The summed E-state index contributed by atoms with van der Waals surface area (Å²) in [6.07, 6.45) is 0. The van der Waals surface area contributed by atoms with Gasteiger partial charge in [0.15, 0.2) is 0 Å². The van der Waals surface area contributed by atoms with Crippen molar-refractivity contribution in [1.82, 2.24) is 0 Å². The molecule has 0 radical (unpaired) electrons. The van der Waals surface area contributed by atoms with E-state index in [-0.39, 0.29) is 5.91 Å². The molecule has 0 unspecified atom stereocenters. The minimum absolute atomic E-state index is 0.357. The first-order valence-corrected chi connectivity index (χ1v) is 7.35. The zero-order valence-corrected chi connectivity index (χ0v) is 12.6. The average molecular weight is 337 g/mol. The summed E-state index contributed by atoms with van der Waals surface area (Å²) in [4.78, 5) is 23.2. The largest absolute Gasteiger partial charge is 0.351 e. The number of amides is 3. The Balaban J connectivity index is 1.99. The molecule has 120 valence electrons. The molecule has 0 heterocycles. The zero-order valence-electron chi connectivity index (χ0n) is 11.8. The fraction of sp³-hybridized carbons (Fsp3) is 0.0667. The lowest BCUT2D eigenvalue weighted by atomic mass is 10.2. The lowest BCUT2D eigenvalue weighted by Gasteiger charge is -2.07. The molecule has 2 rings (SSSR count). The van der Waals surface area contributed by atoms with E-state index in [0.29, 0.717) is 33.6 Å². The molecule has 0 fully saturated rings. The first-order valence-electron chi connectivity index (χ1n) is 6.47. The number of nitrogens with one attached hydrogen (secondary N) is 2. The van der Waals surface area contributed by atoms with Crippen LogP contribution in [-0.2, 0) is 0 Å². The first-order chi connectivity index (χ1) is 10.9. The summed E-state index contributed by atoms with van der Waals surface area (Å²) in [5, 5.41) is 5.04. The van der Waals surface area contributed by atoms with E-state index < -0.39 is 11.8 Å². The molecule has 0 saturated carbocycles. The second kappa shape index (κ2) is 7.59. The Labute approximate surface area is 135 Å². The molecular weight excluding hydrogens is 324 g/mol. The Morgan fingerprint density at radius 1 is 0.913 bits per heavy atom. The van der Waals surface area contributed by atoms with E-state index in [4.69, 9.17) is 5.73 Å². The Kier molecular flexibility index (Phi) is 5.53. The quantitative estimate of drug-likeness (QED) is 0.727. The standard InChI is InChI=1S/C15H13F2N3O2S/c16-14(17)23-12-7-5-10(6-8-12)19-13(21)9-1-3-11(4-2-9)20-15(18)22/h1-8,14H,(H,19,21)(H3,18,20,22). The fourth-order valence-electron chi connectivity index (χ4n) is 1.77. The highest BCUT2D eigenvalue weighted by Crippen LogP contribution is 2.26. The fourth-order valence-corrected chi connectivity index (χ4v) is 2.27. The van der Waals surface area contributed by atoms with Crippen LogP contribution in [-0.4, -0.2) is 17.7 Å². The maximum absolute atomic E-state index is 12.2. The minimum atomic E-state index is -2.48. The van der Waals surface area contributed by atoms with Gasteiger partial charge in [0.1, 0.15) is 0 Å². The molecule has 3 amide bonds. The van der Waals surface area contributed by atoms with Crippen LogP contribution in [0.15, 0.2) is 53.4 Å². The molecule has 0 aliphatic heterocycles. The Morgan fingerprint density at radius 3 is 1.96 bits per heavy atom. The number of urea groups is 1. The van der Waals surface area contributed by atoms with Gasteiger partial charge in [-0.25, -0.2) is 4.79 Å². The van der Waals surface area contributed by atoms with Crippen LogP contribution in [0.5, 0.6) is 0 Å². The first kappa shape index (κ1) is 16.8. The van der Waals surface area contributed by atoms with Gasteiger partial charge in [0.25, 0.3) is 11.7 Å². The topological polar surface area (TPSA) is 84.2 Å². The molecule has 4 N–H and O–H groups in total. The van der Waals surface area contributed by atoms with E-state index in [0.717, 1.165) is 0 Å². The molecule has 0 aliphatic carbocycles. The van der Waals surface area contributed by atoms with Gasteiger partial charge in [-0.1, -0.05) is 11.8 Å². The smallest absolute Gasteiger partial charge is 0.316 e. The summed E-state index contributed by atoms with van der Waals surface area (Å²) in [5.41, 5.74) is 6.34. The van der Waals surface area contributed by atoms with Crippen molar-refractivity contribution in [2.75, 3.05) is 10.6 Å². The van der Waals surface area contributed by atoms with Gasteiger partial charge in [0, 0.05) is 21.8 Å². The van der Waals surface area contributed by atoms with E-state index in [2.05, 4.69) is 10.6 Å². The molecule has 5 nitrogen and oxygen atoms in total. The van der Waals surface area contributed by atoms with Crippen LogP contribution in [0.1, 0.15) is 10.4 Å². The zero-order chi connectivity index (χ0) is 16.8. The molecule has 2 aromatic rings. The van der Waals surface area contributed by atoms with Crippen molar-refractivity contribution in [2.45, 2.75) is 10.7 Å². The van der Waals surface area contributed by atoms with Crippen molar-refractivity contribution in [2.24, 2.45) is 5.73 Å². The molecule has 0 aliphatic rings. The summed E-state index contributed by atoms with van der Waals surface area (Å²) in [7, 11) is 0. The number of primary amides is 1. The highest BCUT2D eigenvalue weighted by atomic mass is 32.2. The predicted molar refractivity (Wildman–Crippen MR) is 85.9 cm³/mol. The summed E-state index contributed by atoms with van der Waals surface area (Å²) in [6, 6.07) is 11.6. The van der Waals surface area contributed by atoms with Gasteiger partial charge in [0.2, 0.25) is 0 Å². The second-order valence-electron chi connectivity index (χ2n) is 4.42. The van der Waals surface area contributed by atoms with Gasteiger partial charge in [-0.3, -0.25) is 4.79 Å². The number of hydrogen-bond donors (Lipinski definition) is 3. The number of carbonyl (C=O) groups excluding carboxylic acids is 2. The second-order valence-corrected chi connectivity index (χ2v) is 5.49. The molecule has 0 saturated heterocycles. The van der Waals surface area contributed by atoms with Crippen LogP contribution in [0, 0.1) is 0 Å². The molecule has 0 atom stereocenters. The van der Waals surface area contributed by atoms with Crippen LogP contribution >= 0.6 is 11.8 Å². The summed E-state index contributed by atoms with van der Waals surface area (Å²) in [6.45, 7) is 0. The van der Waals surface area contributed by atoms with Crippen molar-refractivity contribution < 1.29 is 18.4 Å². The van der Waals surface area contributed by atoms with E-state index in [1.54, 1.807) is 24.3 Å². The average Bonchev–Trinajstić information content (AvgIpc) is 2.49. The number of nitrogens with two attached hydrogens (primary N) is 1. The number of alkyl halides is 2. The molecule has 0 spiro atoms. The summed E-state index contributed by atoms with van der Waals surface area (Å²) >= 11 is 0.438. The van der Waals surface area contributed by atoms with E-state index >= 15 is 0 Å². The molecule has 0 bridgehead atoms. The maximum Gasteiger partial charge on any atom is 0.316 e. The Morgan fingerprint density at radius 2 is 1.43 bits per heavy atom. The highest BCUT2D eigenvalue weighted by Gasteiger charge is 2.08. The molecule has 0 aromatic heterocycles.